The molecule has 0 bridgehead atoms. The van der Waals surface area contributed by atoms with Gasteiger partial charge in [-0.05, 0) is 18.6 Å². The van der Waals surface area contributed by atoms with E-state index in [4.69, 9.17) is 10.5 Å². The standard InChI is InChI=1S/C13H14N4O4/c14-10-3-1-4-12(7-10)21-6-2-5-16-9-11(17(19)20)8-15-13(16)18/h1,3-4,7-9H,2,5-6,14H2. The number of benzene rings is 1. The molecule has 0 radical (unpaired) electrons. The van der Waals surface area contributed by atoms with Crippen LogP contribution in [0.1, 0.15) is 6.42 Å². The Morgan fingerprint density at radius 2 is 2.24 bits per heavy atom. The minimum atomic E-state index is -0.591. The average molecular weight is 290 g/mol. The Bertz CT molecular complexity index is 699. The van der Waals surface area contributed by atoms with Crippen LogP contribution in [0.2, 0.25) is 0 Å². The zero-order valence-corrected chi connectivity index (χ0v) is 11.1. The molecule has 2 N–H and O–H groups in total. The van der Waals surface area contributed by atoms with Gasteiger partial charge in [0.25, 0.3) is 0 Å². The summed E-state index contributed by atoms with van der Waals surface area (Å²) < 4.78 is 6.67. The molecule has 0 aliphatic carbocycles. The maximum absolute atomic E-state index is 11.5. The van der Waals surface area contributed by atoms with E-state index in [1.807, 2.05) is 0 Å². The van der Waals surface area contributed by atoms with Gasteiger partial charge in [0.2, 0.25) is 0 Å². The first-order valence-electron chi connectivity index (χ1n) is 6.25. The summed E-state index contributed by atoms with van der Waals surface area (Å²) in [6, 6.07) is 7.00. The van der Waals surface area contributed by atoms with Crippen molar-refractivity contribution in [2.24, 2.45) is 0 Å². The highest BCUT2D eigenvalue weighted by Gasteiger charge is 2.08. The third-order valence-electron chi connectivity index (χ3n) is 2.72. The average Bonchev–Trinajstić information content (AvgIpc) is 2.45. The molecule has 0 aliphatic rings. The number of anilines is 1. The van der Waals surface area contributed by atoms with Crippen LogP contribution in [0.5, 0.6) is 5.75 Å². The van der Waals surface area contributed by atoms with Crippen molar-refractivity contribution in [3.63, 3.8) is 0 Å². The Morgan fingerprint density at radius 1 is 1.43 bits per heavy atom. The van der Waals surface area contributed by atoms with Gasteiger partial charge in [0.15, 0.2) is 0 Å². The van der Waals surface area contributed by atoms with Crippen molar-refractivity contribution in [1.82, 2.24) is 9.55 Å². The van der Waals surface area contributed by atoms with Crippen molar-refractivity contribution >= 4 is 11.4 Å². The zero-order chi connectivity index (χ0) is 15.2. The highest BCUT2D eigenvalue weighted by molar-refractivity contribution is 5.43. The van der Waals surface area contributed by atoms with E-state index in [1.54, 1.807) is 24.3 Å². The number of nitro groups is 1. The van der Waals surface area contributed by atoms with E-state index in [0.29, 0.717) is 24.5 Å². The first-order chi connectivity index (χ1) is 10.1. The number of aryl methyl sites for hydroxylation is 1. The topological polar surface area (TPSA) is 113 Å². The molecule has 21 heavy (non-hydrogen) atoms. The number of nitrogens with zero attached hydrogens (tertiary/aromatic N) is 3. The second-order valence-electron chi connectivity index (χ2n) is 4.32. The van der Waals surface area contributed by atoms with Crippen LogP contribution in [0, 0.1) is 10.1 Å². The minimum absolute atomic E-state index is 0.216. The Kier molecular flexibility index (Phi) is 4.50. The number of ether oxygens (including phenoxy) is 1. The van der Waals surface area contributed by atoms with Crippen LogP contribution in [0.15, 0.2) is 41.5 Å². The second kappa shape index (κ2) is 6.51. The molecule has 8 heteroatoms. The van der Waals surface area contributed by atoms with Gasteiger partial charge in [-0.2, -0.15) is 4.98 Å². The Balaban J connectivity index is 1.90. The quantitative estimate of drug-likeness (QED) is 0.370. The number of nitrogen functional groups attached to an aromatic ring is 1. The molecule has 0 atom stereocenters. The van der Waals surface area contributed by atoms with Gasteiger partial charge in [-0.15, -0.1) is 0 Å². The van der Waals surface area contributed by atoms with Gasteiger partial charge < -0.3 is 10.5 Å². The fraction of sp³-hybridized carbons (Fsp3) is 0.231. The molecule has 8 nitrogen and oxygen atoms in total. The molecule has 1 aromatic carbocycles. The fourth-order valence-electron chi connectivity index (χ4n) is 1.73. The van der Waals surface area contributed by atoms with Crippen LogP contribution in [-0.2, 0) is 6.54 Å². The lowest BCUT2D eigenvalue weighted by Gasteiger charge is -2.07. The summed E-state index contributed by atoms with van der Waals surface area (Å²) in [5.74, 6) is 0.638. The smallest absolute Gasteiger partial charge is 0.347 e. The Morgan fingerprint density at radius 3 is 2.95 bits per heavy atom. The van der Waals surface area contributed by atoms with Gasteiger partial charge in [-0.1, -0.05) is 6.07 Å². The van der Waals surface area contributed by atoms with Crippen LogP contribution >= 0.6 is 0 Å². The van der Waals surface area contributed by atoms with E-state index >= 15 is 0 Å². The van der Waals surface area contributed by atoms with Crippen LogP contribution in [-0.4, -0.2) is 21.1 Å². The van der Waals surface area contributed by atoms with Crippen LogP contribution < -0.4 is 16.2 Å². The van der Waals surface area contributed by atoms with Crippen molar-refractivity contribution in [3.8, 4) is 5.75 Å². The van der Waals surface area contributed by atoms with Crippen LogP contribution in [0.25, 0.3) is 0 Å². The Hall–Kier alpha value is -2.90. The molecule has 0 amide bonds. The molecule has 1 aromatic heterocycles. The molecule has 1 heterocycles. The van der Waals surface area contributed by atoms with Gasteiger partial charge in [0, 0.05) is 18.3 Å². The summed E-state index contributed by atoms with van der Waals surface area (Å²) in [4.78, 5) is 25.0. The number of hydrogen-bond acceptors (Lipinski definition) is 6. The lowest BCUT2D eigenvalue weighted by atomic mass is 10.3. The SMILES string of the molecule is Nc1cccc(OCCCn2cc([N+](=O)[O-])cnc2=O)c1. The zero-order valence-electron chi connectivity index (χ0n) is 11.1. The van der Waals surface area contributed by atoms with E-state index in [9.17, 15) is 14.9 Å². The molecule has 0 aliphatic heterocycles. The summed E-state index contributed by atoms with van der Waals surface area (Å²) in [6.45, 7) is 0.647. The fourth-order valence-corrected chi connectivity index (χ4v) is 1.73. The summed E-state index contributed by atoms with van der Waals surface area (Å²) in [6.07, 6.45) is 2.63. The van der Waals surface area contributed by atoms with Crippen molar-refractivity contribution in [3.05, 3.63) is 57.3 Å². The Labute approximate surface area is 120 Å². The van der Waals surface area contributed by atoms with Gasteiger partial charge in [-0.25, -0.2) is 4.79 Å². The molecule has 0 fully saturated rings. The van der Waals surface area contributed by atoms with Crippen LogP contribution in [0.3, 0.4) is 0 Å². The number of aromatic nitrogens is 2. The minimum Gasteiger partial charge on any atom is -0.493 e. The molecule has 0 saturated heterocycles. The summed E-state index contributed by atoms with van der Waals surface area (Å²) in [7, 11) is 0. The number of nitrogens with two attached hydrogens (primary N) is 1. The van der Waals surface area contributed by atoms with Crippen molar-refractivity contribution in [2.75, 3.05) is 12.3 Å². The first-order valence-corrected chi connectivity index (χ1v) is 6.25. The lowest BCUT2D eigenvalue weighted by molar-refractivity contribution is -0.385. The van der Waals surface area contributed by atoms with Crippen LogP contribution in [0.4, 0.5) is 11.4 Å². The predicted octanol–water partition coefficient (Wildman–Crippen LogP) is 1.20. The summed E-state index contributed by atoms with van der Waals surface area (Å²) in [5, 5.41) is 10.6. The molecule has 0 saturated carbocycles. The molecule has 0 spiro atoms. The van der Waals surface area contributed by atoms with E-state index in [0.717, 1.165) is 6.20 Å². The molecular weight excluding hydrogens is 276 g/mol. The van der Waals surface area contributed by atoms with Crippen molar-refractivity contribution < 1.29 is 9.66 Å². The van der Waals surface area contributed by atoms with E-state index in [2.05, 4.69) is 4.98 Å². The van der Waals surface area contributed by atoms with Gasteiger partial charge in [0.05, 0.1) is 17.7 Å². The second-order valence-corrected chi connectivity index (χ2v) is 4.32. The van der Waals surface area contributed by atoms with Gasteiger partial charge >= 0.3 is 11.4 Å². The summed E-state index contributed by atoms with van der Waals surface area (Å²) in [5.41, 5.74) is 5.48. The van der Waals surface area contributed by atoms with Gasteiger partial charge in [0.1, 0.15) is 11.9 Å². The molecular formula is C13H14N4O4. The molecule has 2 rings (SSSR count). The third-order valence-corrected chi connectivity index (χ3v) is 2.72. The highest BCUT2D eigenvalue weighted by Crippen LogP contribution is 2.14. The maximum atomic E-state index is 11.5. The number of hydrogen-bond donors (Lipinski definition) is 1. The predicted molar refractivity (Wildman–Crippen MR) is 76.1 cm³/mol. The maximum Gasteiger partial charge on any atom is 0.347 e. The monoisotopic (exact) mass is 290 g/mol. The van der Waals surface area contributed by atoms with E-state index in [-0.39, 0.29) is 12.2 Å². The van der Waals surface area contributed by atoms with Crippen molar-refractivity contribution in [1.29, 1.82) is 0 Å². The lowest BCUT2D eigenvalue weighted by Crippen LogP contribution is -2.23. The van der Waals surface area contributed by atoms with Gasteiger partial charge in [-0.3, -0.25) is 14.7 Å². The first kappa shape index (κ1) is 14.5. The normalized spacial score (nSPS) is 10.3. The van der Waals surface area contributed by atoms with Crippen molar-refractivity contribution in [2.45, 2.75) is 13.0 Å². The van der Waals surface area contributed by atoms with E-state index < -0.39 is 10.6 Å². The number of rotatable bonds is 6. The third kappa shape index (κ3) is 4.03. The van der Waals surface area contributed by atoms with E-state index in [1.165, 1.54) is 10.8 Å². The molecule has 110 valence electrons. The highest BCUT2D eigenvalue weighted by atomic mass is 16.6. The molecule has 0 unspecified atom stereocenters. The molecule has 2 aromatic rings. The summed E-state index contributed by atoms with van der Waals surface area (Å²) >= 11 is 0. The largest absolute Gasteiger partial charge is 0.493 e.